The van der Waals surface area contributed by atoms with Crippen molar-refractivity contribution >= 4 is 29.0 Å². The molecule has 0 radical (unpaired) electrons. The van der Waals surface area contributed by atoms with Crippen molar-refractivity contribution in [2.75, 3.05) is 6.54 Å². The molecule has 0 fully saturated rings. The van der Waals surface area contributed by atoms with E-state index < -0.39 is 6.86 Å². The third kappa shape index (κ3) is 5.21. The van der Waals surface area contributed by atoms with Gasteiger partial charge in [0, 0.05) is 0 Å². The van der Waals surface area contributed by atoms with Crippen LogP contribution < -0.4 is 4.98 Å². The lowest BCUT2D eigenvalue weighted by molar-refractivity contribution is 0.850. The quantitative estimate of drug-likeness (QED) is 0.525. The molecule has 0 aromatic carbocycles. The first-order chi connectivity index (χ1) is 4.12. The molecule has 0 heterocycles. The lowest BCUT2D eigenvalue weighted by atomic mass is 10.5. The summed E-state index contributed by atoms with van der Waals surface area (Å²) in [4.78, 5) is 3.13. The Kier molecular flexibility index (Phi) is 4.94. The van der Waals surface area contributed by atoms with Crippen LogP contribution in [-0.2, 0) is 0 Å². The Hall–Kier alpha value is 0.757. The predicted octanol–water partition coefficient (Wildman–Crippen LogP) is 2.42. The minimum absolute atomic E-state index is 0.871. The van der Waals surface area contributed by atoms with Crippen LogP contribution in [0.25, 0.3) is 0 Å². The van der Waals surface area contributed by atoms with Crippen molar-refractivity contribution in [3.63, 3.8) is 0 Å². The van der Waals surface area contributed by atoms with E-state index in [9.17, 15) is 0 Å². The maximum atomic E-state index is 5.89. The second-order valence-electron chi connectivity index (χ2n) is 1.98. The fraction of sp³-hybridized carbons (Fsp3) is 1.00. The largest absolute Gasteiger partial charge is 0.322 e. The van der Waals surface area contributed by atoms with E-state index in [-0.39, 0.29) is 0 Å². The molecule has 9 heavy (non-hydrogen) atoms. The number of nitrogens with one attached hydrogen (secondary N) is 1. The van der Waals surface area contributed by atoms with Gasteiger partial charge in [-0.1, -0.05) is 13.8 Å². The molecular formula is C5H13Cl2NSi. The van der Waals surface area contributed by atoms with Crippen LogP contribution in [0.15, 0.2) is 0 Å². The average Bonchev–Trinajstić information content (AvgIpc) is 1.84. The van der Waals surface area contributed by atoms with Crippen LogP contribution in [0.1, 0.15) is 20.3 Å². The first-order valence-corrected chi connectivity index (χ1v) is 7.48. The first kappa shape index (κ1) is 9.76. The summed E-state index contributed by atoms with van der Waals surface area (Å²) in [6, 6.07) is 0.871. The molecule has 4 heteroatoms. The van der Waals surface area contributed by atoms with Gasteiger partial charge in [-0.15, -0.1) is 22.2 Å². The van der Waals surface area contributed by atoms with Gasteiger partial charge in [-0.05, 0) is 19.0 Å². The second-order valence-corrected chi connectivity index (χ2v) is 8.91. The van der Waals surface area contributed by atoms with E-state index in [4.69, 9.17) is 22.2 Å². The van der Waals surface area contributed by atoms with Crippen molar-refractivity contribution in [2.24, 2.45) is 0 Å². The highest BCUT2D eigenvalue weighted by molar-refractivity contribution is 7.44. The lowest BCUT2D eigenvalue weighted by Gasteiger charge is -2.14. The van der Waals surface area contributed by atoms with Crippen molar-refractivity contribution in [3.05, 3.63) is 0 Å². The van der Waals surface area contributed by atoms with Crippen LogP contribution in [0.2, 0.25) is 6.04 Å². The van der Waals surface area contributed by atoms with Crippen molar-refractivity contribution in [1.29, 1.82) is 0 Å². The minimum Gasteiger partial charge on any atom is -0.314 e. The van der Waals surface area contributed by atoms with Gasteiger partial charge in [-0.25, -0.2) is 0 Å². The summed E-state index contributed by atoms with van der Waals surface area (Å²) in [6.07, 6.45) is 1.09. The highest BCUT2D eigenvalue weighted by Gasteiger charge is 2.23. The molecule has 0 atom stereocenters. The van der Waals surface area contributed by atoms with Gasteiger partial charge in [0.15, 0.2) is 0 Å². The molecule has 1 nitrogen and oxygen atoms in total. The summed E-state index contributed by atoms with van der Waals surface area (Å²) in [5.74, 6) is 0. The fourth-order valence-corrected chi connectivity index (χ4v) is 1.87. The van der Waals surface area contributed by atoms with E-state index in [0.29, 0.717) is 0 Å². The van der Waals surface area contributed by atoms with Crippen molar-refractivity contribution in [2.45, 2.75) is 26.3 Å². The van der Waals surface area contributed by atoms with Gasteiger partial charge >= 0.3 is 6.86 Å². The van der Waals surface area contributed by atoms with Crippen molar-refractivity contribution in [3.8, 4) is 0 Å². The third-order valence-corrected chi connectivity index (χ3v) is 5.14. The Labute approximate surface area is 67.2 Å². The van der Waals surface area contributed by atoms with Gasteiger partial charge in [0.25, 0.3) is 0 Å². The van der Waals surface area contributed by atoms with E-state index in [1.165, 1.54) is 0 Å². The molecule has 0 aliphatic carbocycles. The molecule has 0 rings (SSSR count). The average molecular weight is 186 g/mol. The Balaban J connectivity index is 3.33. The lowest BCUT2D eigenvalue weighted by Crippen LogP contribution is -2.39. The molecule has 1 N–H and O–H groups in total. The summed E-state index contributed by atoms with van der Waals surface area (Å²) in [5.41, 5.74) is 0. The molecule has 56 valence electrons. The van der Waals surface area contributed by atoms with Crippen LogP contribution >= 0.6 is 22.2 Å². The van der Waals surface area contributed by atoms with Gasteiger partial charge in [-0.3, -0.25) is 0 Å². The maximum absolute atomic E-state index is 5.89. The van der Waals surface area contributed by atoms with Crippen LogP contribution in [0.4, 0.5) is 0 Å². The third-order valence-electron chi connectivity index (χ3n) is 1.08. The van der Waals surface area contributed by atoms with Gasteiger partial charge in [0.05, 0.1) is 0 Å². The highest BCUT2D eigenvalue weighted by Crippen LogP contribution is 2.15. The summed E-state index contributed by atoms with van der Waals surface area (Å²) >= 11 is 11.8. The van der Waals surface area contributed by atoms with E-state index >= 15 is 0 Å². The monoisotopic (exact) mass is 185 g/mol. The van der Waals surface area contributed by atoms with Gasteiger partial charge < -0.3 is 4.98 Å². The van der Waals surface area contributed by atoms with Crippen molar-refractivity contribution in [1.82, 2.24) is 4.98 Å². The predicted molar refractivity (Wildman–Crippen MR) is 46.2 cm³/mol. The maximum Gasteiger partial charge on any atom is 0.322 e. The summed E-state index contributed by atoms with van der Waals surface area (Å²) < 4.78 is 0. The van der Waals surface area contributed by atoms with Crippen LogP contribution in [0.3, 0.4) is 0 Å². The standard InChI is InChI=1S/C5H13Cl2NSi/c1-3-5-8-9(6,7)4-2/h8H,3-5H2,1-2H3. The number of hydrogen-bond donors (Lipinski definition) is 1. The van der Waals surface area contributed by atoms with Crippen LogP contribution in [0.5, 0.6) is 0 Å². The minimum atomic E-state index is -2.00. The van der Waals surface area contributed by atoms with E-state index in [2.05, 4.69) is 11.9 Å². The molecule has 0 aliphatic heterocycles. The molecule has 0 aromatic rings. The summed E-state index contributed by atoms with van der Waals surface area (Å²) in [6.45, 7) is 3.04. The SMILES string of the molecule is CCCN[Si](Cl)(Cl)CC. The molecule has 0 bridgehead atoms. The zero-order valence-corrected chi connectivity index (χ0v) is 8.39. The Morgan fingerprint density at radius 3 is 2.22 bits per heavy atom. The number of rotatable bonds is 4. The molecule has 0 spiro atoms. The smallest absolute Gasteiger partial charge is 0.314 e. The van der Waals surface area contributed by atoms with Crippen LogP contribution in [0, 0.1) is 0 Å². The molecule has 0 amide bonds. The van der Waals surface area contributed by atoms with E-state index in [0.717, 1.165) is 19.0 Å². The van der Waals surface area contributed by atoms with E-state index in [1.807, 2.05) is 6.92 Å². The summed E-state index contributed by atoms with van der Waals surface area (Å²) in [7, 11) is 0. The van der Waals surface area contributed by atoms with E-state index in [1.54, 1.807) is 0 Å². The zero-order chi connectivity index (χ0) is 7.33. The highest BCUT2D eigenvalue weighted by atomic mass is 35.7. The Bertz CT molecular complexity index is 77.4. The molecule has 0 saturated carbocycles. The second kappa shape index (κ2) is 4.55. The topological polar surface area (TPSA) is 12.0 Å². The number of hydrogen-bond acceptors (Lipinski definition) is 1. The van der Waals surface area contributed by atoms with Crippen LogP contribution in [-0.4, -0.2) is 13.4 Å². The van der Waals surface area contributed by atoms with Crippen molar-refractivity contribution < 1.29 is 0 Å². The first-order valence-electron chi connectivity index (χ1n) is 3.25. The zero-order valence-electron chi connectivity index (χ0n) is 5.88. The van der Waals surface area contributed by atoms with Gasteiger partial charge in [0.1, 0.15) is 0 Å². The molecule has 0 unspecified atom stereocenters. The molecule has 0 saturated heterocycles. The Morgan fingerprint density at radius 2 is 1.89 bits per heavy atom. The Morgan fingerprint density at radius 1 is 1.33 bits per heavy atom. The molecule has 0 aromatic heterocycles. The molecular weight excluding hydrogens is 173 g/mol. The summed E-state index contributed by atoms with van der Waals surface area (Å²) in [5, 5.41) is 0. The molecule has 0 aliphatic rings. The number of halogens is 2. The van der Waals surface area contributed by atoms with Gasteiger partial charge in [0.2, 0.25) is 0 Å². The normalized spacial score (nSPS) is 12.0. The van der Waals surface area contributed by atoms with Gasteiger partial charge in [-0.2, -0.15) is 0 Å². The fourth-order valence-electron chi connectivity index (χ4n) is 0.433.